The largest absolute Gasteiger partial charge is 0.381 e. The smallest absolute Gasteiger partial charge is 0.165 e. The van der Waals surface area contributed by atoms with E-state index in [1.807, 2.05) is 0 Å². The molecule has 20 heavy (non-hydrogen) atoms. The zero-order chi connectivity index (χ0) is 14.5. The van der Waals surface area contributed by atoms with Crippen molar-refractivity contribution in [1.29, 1.82) is 0 Å². The Labute approximate surface area is 129 Å². The van der Waals surface area contributed by atoms with Crippen molar-refractivity contribution in [2.75, 3.05) is 26.8 Å². The SMILES string of the molecule is CN(CCC(=O)c1cccc(Cl)c1Cl)C1CCOCC1. The van der Waals surface area contributed by atoms with Crippen LogP contribution in [0.15, 0.2) is 18.2 Å². The number of benzene rings is 1. The monoisotopic (exact) mass is 315 g/mol. The van der Waals surface area contributed by atoms with Gasteiger partial charge in [0.15, 0.2) is 5.78 Å². The Kier molecular flexibility index (Phi) is 5.85. The molecule has 0 amide bonds. The number of ether oxygens (including phenoxy) is 1. The molecule has 2 rings (SSSR count). The Morgan fingerprint density at radius 1 is 1.35 bits per heavy atom. The minimum Gasteiger partial charge on any atom is -0.381 e. The first kappa shape index (κ1) is 15.8. The number of ketones is 1. The second-order valence-electron chi connectivity index (χ2n) is 5.10. The zero-order valence-electron chi connectivity index (χ0n) is 11.6. The minimum absolute atomic E-state index is 0.0383. The van der Waals surface area contributed by atoms with Gasteiger partial charge in [0.1, 0.15) is 0 Å². The molecule has 110 valence electrons. The molecule has 0 unspecified atom stereocenters. The van der Waals surface area contributed by atoms with Crippen LogP contribution in [0.3, 0.4) is 0 Å². The van der Waals surface area contributed by atoms with Gasteiger partial charge in [-0.1, -0.05) is 29.3 Å². The molecule has 1 heterocycles. The summed E-state index contributed by atoms with van der Waals surface area (Å²) in [6, 6.07) is 5.68. The highest BCUT2D eigenvalue weighted by molar-refractivity contribution is 6.43. The van der Waals surface area contributed by atoms with Crippen molar-refractivity contribution in [3.8, 4) is 0 Å². The minimum atomic E-state index is 0.0383. The average molecular weight is 316 g/mol. The predicted molar refractivity (Wildman–Crippen MR) is 81.9 cm³/mol. The van der Waals surface area contributed by atoms with Crippen LogP contribution in [0.1, 0.15) is 29.6 Å². The summed E-state index contributed by atoms with van der Waals surface area (Å²) >= 11 is 12.0. The van der Waals surface area contributed by atoms with Gasteiger partial charge in [0.25, 0.3) is 0 Å². The third kappa shape index (κ3) is 3.95. The molecule has 0 aliphatic carbocycles. The number of Topliss-reactive ketones (excluding diaryl/α,β-unsaturated/α-hetero) is 1. The lowest BCUT2D eigenvalue weighted by Gasteiger charge is -2.30. The number of nitrogens with zero attached hydrogens (tertiary/aromatic N) is 1. The van der Waals surface area contributed by atoms with Gasteiger partial charge in [-0.25, -0.2) is 0 Å². The van der Waals surface area contributed by atoms with E-state index >= 15 is 0 Å². The van der Waals surface area contributed by atoms with Crippen LogP contribution in [0.4, 0.5) is 0 Å². The van der Waals surface area contributed by atoms with E-state index in [1.54, 1.807) is 18.2 Å². The Morgan fingerprint density at radius 2 is 2.05 bits per heavy atom. The summed E-state index contributed by atoms with van der Waals surface area (Å²) in [7, 11) is 2.06. The number of carbonyl (C=O) groups is 1. The second kappa shape index (κ2) is 7.41. The lowest BCUT2D eigenvalue weighted by atomic mass is 10.1. The summed E-state index contributed by atoms with van der Waals surface area (Å²) in [6.45, 7) is 2.35. The summed E-state index contributed by atoms with van der Waals surface area (Å²) < 4.78 is 5.35. The fourth-order valence-corrected chi connectivity index (χ4v) is 2.85. The topological polar surface area (TPSA) is 29.5 Å². The first-order valence-electron chi connectivity index (χ1n) is 6.85. The van der Waals surface area contributed by atoms with Crippen LogP contribution >= 0.6 is 23.2 Å². The molecule has 1 fully saturated rings. The molecule has 0 radical (unpaired) electrons. The van der Waals surface area contributed by atoms with Gasteiger partial charge in [0.05, 0.1) is 10.0 Å². The molecule has 0 spiro atoms. The Morgan fingerprint density at radius 3 is 2.75 bits per heavy atom. The van der Waals surface area contributed by atoms with Crippen molar-refractivity contribution in [3.05, 3.63) is 33.8 Å². The molecule has 0 aromatic heterocycles. The predicted octanol–water partition coefficient (Wildman–Crippen LogP) is 3.68. The Balaban J connectivity index is 1.89. The van der Waals surface area contributed by atoms with Gasteiger partial charge in [0, 0.05) is 37.8 Å². The third-order valence-corrected chi connectivity index (χ3v) is 4.58. The van der Waals surface area contributed by atoms with Gasteiger partial charge >= 0.3 is 0 Å². The van der Waals surface area contributed by atoms with Gasteiger partial charge in [-0.2, -0.15) is 0 Å². The van der Waals surface area contributed by atoms with E-state index in [4.69, 9.17) is 27.9 Å². The first-order chi connectivity index (χ1) is 9.59. The summed E-state index contributed by atoms with van der Waals surface area (Å²) in [5.41, 5.74) is 0.513. The number of hydrogen-bond donors (Lipinski definition) is 0. The van der Waals surface area contributed by atoms with Crippen LogP contribution in [0.5, 0.6) is 0 Å². The summed E-state index contributed by atoms with van der Waals surface area (Å²) in [6.07, 6.45) is 2.51. The molecular formula is C15H19Cl2NO2. The molecule has 1 aromatic rings. The van der Waals surface area contributed by atoms with Crippen LogP contribution in [-0.2, 0) is 4.74 Å². The Bertz CT molecular complexity index is 473. The van der Waals surface area contributed by atoms with E-state index in [2.05, 4.69) is 11.9 Å². The quantitative estimate of drug-likeness (QED) is 0.776. The van der Waals surface area contributed by atoms with Gasteiger partial charge < -0.3 is 9.64 Å². The summed E-state index contributed by atoms with van der Waals surface area (Å²) in [5, 5.41) is 0.781. The van der Waals surface area contributed by atoms with Crippen LogP contribution in [0.25, 0.3) is 0 Å². The van der Waals surface area contributed by atoms with Crippen molar-refractivity contribution in [1.82, 2.24) is 4.90 Å². The van der Waals surface area contributed by atoms with E-state index in [0.29, 0.717) is 28.1 Å². The Hall–Kier alpha value is -0.610. The molecule has 1 aliphatic rings. The van der Waals surface area contributed by atoms with Crippen molar-refractivity contribution < 1.29 is 9.53 Å². The molecule has 0 atom stereocenters. The number of rotatable bonds is 5. The normalized spacial score (nSPS) is 16.6. The van der Waals surface area contributed by atoms with Crippen LogP contribution in [-0.4, -0.2) is 43.5 Å². The fourth-order valence-electron chi connectivity index (χ4n) is 2.44. The summed E-state index contributed by atoms with van der Waals surface area (Å²) in [4.78, 5) is 14.4. The van der Waals surface area contributed by atoms with Crippen molar-refractivity contribution >= 4 is 29.0 Å². The van der Waals surface area contributed by atoms with Crippen LogP contribution in [0, 0.1) is 0 Å². The maximum absolute atomic E-state index is 12.2. The highest BCUT2D eigenvalue weighted by Gasteiger charge is 2.20. The van der Waals surface area contributed by atoms with Gasteiger partial charge in [0.2, 0.25) is 0 Å². The molecular weight excluding hydrogens is 297 g/mol. The molecule has 1 saturated heterocycles. The molecule has 0 saturated carbocycles. The molecule has 3 nitrogen and oxygen atoms in total. The fraction of sp³-hybridized carbons (Fsp3) is 0.533. The molecule has 0 bridgehead atoms. The average Bonchev–Trinajstić information content (AvgIpc) is 2.48. The van der Waals surface area contributed by atoms with Crippen molar-refractivity contribution in [2.24, 2.45) is 0 Å². The van der Waals surface area contributed by atoms with Crippen LogP contribution in [0.2, 0.25) is 10.0 Å². The van der Waals surface area contributed by atoms with E-state index in [1.165, 1.54) is 0 Å². The van der Waals surface area contributed by atoms with E-state index in [9.17, 15) is 4.79 Å². The zero-order valence-corrected chi connectivity index (χ0v) is 13.1. The van der Waals surface area contributed by atoms with Gasteiger partial charge in [-0.15, -0.1) is 0 Å². The van der Waals surface area contributed by atoms with Gasteiger partial charge in [-0.3, -0.25) is 4.79 Å². The lowest BCUT2D eigenvalue weighted by molar-refractivity contribution is 0.0425. The maximum atomic E-state index is 12.2. The second-order valence-corrected chi connectivity index (χ2v) is 5.88. The highest BCUT2D eigenvalue weighted by Crippen LogP contribution is 2.26. The van der Waals surface area contributed by atoms with E-state index < -0.39 is 0 Å². The number of hydrogen-bond acceptors (Lipinski definition) is 3. The molecule has 0 N–H and O–H groups in total. The lowest BCUT2D eigenvalue weighted by Crippen LogP contribution is -2.37. The number of carbonyl (C=O) groups excluding carboxylic acids is 1. The van der Waals surface area contributed by atoms with Crippen molar-refractivity contribution in [3.63, 3.8) is 0 Å². The molecule has 5 heteroatoms. The molecule has 1 aromatic carbocycles. The highest BCUT2D eigenvalue weighted by atomic mass is 35.5. The standard InChI is InChI=1S/C15H19Cl2NO2/c1-18(11-6-9-20-10-7-11)8-5-14(19)12-3-2-4-13(16)15(12)17/h2-4,11H,5-10H2,1H3. The summed E-state index contributed by atoms with van der Waals surface area (Å²) in [5.74, 6) is 0.0383. The number of halogens is 2. The first-order valence-corrected chi connectivity index (χ1v) is 7.60. The van der Waals surface area contributed by atoms with Gasteiger partial charge in [-0.05, 0) is 32.0 Å². The molecule has 1 aliphatic heterocycles. The third-order valence-electron chi connectivity index (χ3n) is 3.76. The maximum Gasteiger partial charge on any atom is 0.165 e. The van der Waals surface area contributed by atoms with E-state index in [0.717, 1.165) is 32.6 Å². The van der Waals surface area contributed by atoms with Crippen LogP contribution < -0.4 is 0 Å². The van der Waals surface area contributed by atoms with E-state index in [-0.39, 0.29) is 5.78 Å². The van der Waals surface area contributed by atoms with Crippen molar-refractivity contribution in [2.45, 2.75) is 25.3 Å².